The van der Waals surface area contributed by atoms with Gasteiger partial charge in [-0.25, -0.2) is 0 Å². The second-order valence-corrected chi connectivity index (χ2v) is 7.00. The molecule has 7 heteroatoms. The van der Waals surface area contributed by atoms with Gasteiger partial charge in [-0.1, -0.05) is 36.1 Å². The molecule has 2 aromatic rings. The van der Waals surface area contributed by atoms with Crippen LogP contribution in [0.2, 0.25) is 0 Å². The third-order valence-corrected chi connectivity index (χ3v) is 4.45. The zero-order chi connectivity index (χ0) is 23.2. The molecule has 168 valence electrons. The molecule has 0 spiro atoms. The molecule has 0 aliphatic heterocycles. The summed E-state index contributed by atoms with van der Waals surface area (Å²) in [5, 5.41) is 11.5. The van der Waals surface area contributed by atoms with Crippen molar-refractivity contribution in [1.82, 2.24) is 5.32 Å². The number of hydrogen-bond acceptors (Lipinski definition) is 5. The quantitative estimate of drug-likeness (QED) is 0.241. The van der Waals surface area contributed by atoms with Gasteiger partial charge in [0.25, 0.3) is 0 Å². The fraction of sp³-hybridized carbons (Fsp3) is 0.320. The maximum Gasteiger partial charge on any atom is 0.311 e. The molecule has 0 saturated carbocycles. The number of carboxylic acid groups (broad SMARTS) is 1. The van der Waals surface area contributed by atoms with Crippen LogP contribution in [0.3, 0.4) is 0 Å². The summed E-state index contributed by atoms with van der Waals surface area (Å²) in [4.78, 5) is 34.3. The highest BCUT2D eigenvalue weighted by Crippen LogP contribution is 2.28. The third kappa shape index (κ3) is 9.35. The monoisotopic (exact) mass is 437 g/mol. The Morgan fingerprint density at radius 2 is 1.75 bits per heavy atom. The smallest absolute Gasteiger partial charge is 0.311 e. The van der Waals surface area contributed by atoms with Crippen molar-refractivity contribution in [3.63, 3.8) is 0 Å². The van der Waals surface area contributed by atoms with Crippen LogP contribution in [-0.4, -0.2) is 30.1 Å². The van der Waals surface area contributed by atoms with Crippen LogP contribution in [0.1, 0.15) is 49.7 Å². The Hall–Kier alpha value is -3.79. The van der Waals surface area contributed by atoms with Crippen molar-refractivity contribution in [2.45, 2.75) is 45.1 Å². The molecule has 0 aliphatic rings. The van der Waals surface area contributed by atoms with Crippen LogP contribution < -0.4 is 14.8 Å². The summed E-state index contributed by atoms with van der Waals surface area (Å²) in [6.45, 7) is 0.316. The van der Waals surface area contributed by atoms with Gasteiger partial charge in [0, 0.05) is 24.9 Å². The fourth-order valence-electron chi connectivity index (χ4n) is 2.76. The molecular formula is C25H27NO6. The number of aliphatic carboxylic acids is 1. The molecule has 0 aliphatic carbocycles. The average Bonchev–Trinajstić information content (AvgIpc) is 2.80. The molecule has 32 heavy (non-hydrogen) atoms. The summed E-state index contributed by atoms with van der Waals surface area (Å²) >= 11 is 0. The van der Waals surface area contributed by atoms with Crippen molar-refractivity contribution in [2.24, 2.45) is 0 Å². The van der Waals surface area contributed by atoms with E-state index in [9.17, 15) is 14.4 Å². The van der Waals surface area contributed by atoms with Crippen LogP contribution in [0, 0.1) is 11.8 Å². The van der Waals surface area contributed by atoms with Gasteiger partial charge in [0.1, 0.15) is 0 Å². The largest absolute Gasteiger partial charge is 0.493 e. The fourth-order valence-corrected chi connectivity index (χ4v) is 2.76. The number of amides is 1. The van der Waals surface area contributed by atoms with Crippen LogP contribution in [0.4, 0.5) is 0 Å². The van der Waals surface area contributed by atoms with Crippen LogP contribution in [0.25, 0.3) is 0 Å². The van der Waals surface area contributed by atoms with E-state index in [1.807, 2.05) is 30.3 Å². The number of carbonyl (C=O) groups excluding carboxylic acids is 2. The number of methoxy groups -OCH3 is 1. The van der Waals surface area contributed by atoms with E-state index in [4.69, 9.17) is 14.6 Å². The van der Waals surface area contributed by atoms with E-state index in [-0.39, 0.29) is 24.5 Å². The van der Waals surface area contributed by atoms with E-state index < -0.39 is 11.9 Å². The maximum absolute atomic E-state index is 12.1. The summed E-state index contributed by atoms with van der Waals surface area (Å²) < 4.78 is 10.4. The summed E-state index contributed by atoms with van der Waals surface area (Å²) in [6.07, 6.45) is 2.24. The summed E-state index contributed by atoms with van der Waals surface area (Å²) in [5.41, 5.74) is 1.77. The van der Waals surface area contributed by atoms with Crippen molar-refractivity contribution >= 4 is 17.8 Å². The van der Waals surface area contributed by atoms with Crippen molar-refractivity contribution in [1.29, 1.82) is 0 Å². The number of nitrogens with one attached hydrogen (secondary N) is 1. The summed E-state index contributed by atoms with van der Waals surface area (Å²) in [6, 6.07) is 14.7. The molecule has 2 N–H and O–H groups in total. The molecule has 0 fully saturated rings. The number of carbonyl (C=O) groups is 3. The first-order chi connectivity index (χ1) is 15.5. The molecule has 0 heterocycles. The number of unbranched alkanes of at least 4 members (excludes halogenated alkanes) is 2. The second-order valence-electron chi connectivity index (χ2n) is 7.00. The van der Waals surface area contributed by atoms with Gasteiger partial charge in [-0.15, -0.1) is 0 Å². The van der Waals surface area contributed by atoms with E-state index in [1.54, 1.807) is 18.2 Å². The number of benzene rings is 2. The molecule has 0 unspecified atom stereocenters. The summed E-state index contributed by atoms with van der Waals surface area (Å²) in [7, 11) is 1.44. The Bertz CT molecular complexity index is 975. The van der Waals surface area contributed by atoms with Gasteiger partial charge >= 0.3 is 11.9 Å². The highest BCUT2D eigenvalue weighted by molar-refractivity contribution is 5.78. The van der Waals surface area contributed by atoms with E-state index >= 15 is 0 Å². The lowest BCUT2D eigenvalue weighted by atomic mass is 10.1. The predicted molar refractivity (Wildman–Crippen MR) is 119 cm³/mol. The molecule has 7 nitrogen and oxygen atoms in total. The maximum atomic E-state index is 12.1. The Balaban J connectivity index is 1.72. The van der Waals surface area contributed by atoms with Crippen molar-refractivity contribution in [3.8, 4) is 23.3 Å². The lowest BCUT2D eigenvalue weighted by Crippen LogP contribution is -2.22. The lowest BCUT2D eigenvalue weighted by molar-refractivity contribution is -0.142. The standard InChI is InChI=1S/C25H27NO6/c1-31-22-17-20(13-14-21(22)32-25(30)16-15-24(28)29)18-26-23(27)12-8-3-2-5-9-19-10-6-4-7-11-19/h4,6-7,10-11,13-14,17H,2-3,8,12,15-16,18H2,1H3,(H,26,27)(H,28,29). The lowest BCUT2D eigenvalue weighted by Gasteiger charge is -2.11. The number of esters is 1. The third-order valence-electron chi connectivity index (χ3n) is 4.45. The normalized spacial score (nSPS) is 9.91. The van der Waals surface area contributed by atoms with Crippen molar-refractivity contribution < 1.29 is 29.0 Å². The Morgan fingerprint density at radius 1 is 0.969 bits per heavy atom. The highest BCUT2D eigenvalue weighted by atomic mass is 16.6. The Kier molecular flexibility index (Phi) is 10.3. The number of carboxylic acids is 1. The highest BCUT2D eigenvalue weighted by Gasteiger charge is 2.13. The molecule has 0 atom stereocenters. The first kappa shape index (κ1) is 24.5. The first-order valence-corrected chi connectivity index (χ1v) is 10.4. The molecule has 1 amide bonds. The molecule has 0 radical (unpaired) electrons. The minimum absolute atomic E-state index is 0.0517. The molecular weight excluding hydrogens is 410 g/mol. The summed E-state index contributed by atoms with van der Waals surface area (Å²) in [5.74, 6) is 4.98. The van der Waals surface area contributed by atoms with E-state index in [2.05, 4.69) is 17.2 Å². The van der Waals surface area contributed by atoms with Gasteiger partial charge in [-0.05, 0) is 42.7 Å². The average molecular weight is 437 g/mol. The zero-order valence-corrected chi connectivity index (χ0v) is 18.1. The minimum Gasteiger partial charge on any atom is -0.493 e. The van der Waals surface area contributed by atoms with Crippen molar-refractivity contribution in [3.05, 3.63) is 59.7 Å². The zero-order valence-electron chi connectivity index (χ0n) is 18.1. The van der Waals surface area contributed by atoms with E-state index in [1.165, 1.54) is 7.11 Å². The second kappa shape index (κ2) is 13.5. The molecule has 0 bridgehead atoms. The first-order valence-electron chi connectivity index (χ1n) is 10.4. The van der Waals surface area contributed by atoms with Gasteiger partial charge in [0.05, 0.1) is 20.0 Å². The van der Waals surface area contributed by atoms with Gasteiger partial charge in [0.15, 0.2) is 11.5 Å². The predicted octanol–water partition coefficient (Wildman–Crippen LogP) is 3.69. The van der Waals surface area contributed by atoms with Crippen LogP contribution >= 0.6 is 0 Å². The minimum atomic E-state index is -1.07. The van der Waals surface area contributed by atoms with Crippen LogP contribution in [-0.2, 0) is 20.9 Å². The van der Waals surface area contributed by atoms with E-state index in [0.717, 1.165) is 30.4 Å². The number of hydrogen-bond donors (Lipinski definition) is 2. The van der Waals surface area contributed by atoms with E-state index in [0.29, 0.717) is 18.7 Å². The van der Waals surface area contributed by atoms with Gasteiger partial charge in [0.2, 0.25) is 5.91 Å². The SMILES string of the molecule is COc1cc(CNC(=O)CCCCC#Cc2ccccc2)ccc1OC(=O)CCC(=O)O. The van der Waals surface area contributed by atoms with Gasteiger partial charge in [-0.2, -0.15) is 0 Å². The van der Waals surface area contributed by atoms with Crippen LogP contribution in [0.15, 0.2) is 48.5 Å². The van der Waals surface area contributed by atoms with Crippen molar-refractivity contribution in [2.75, 3.05) is 7.11 Å². The number of rotatable bonds is 11. The number of ether oxygens (including phenoxy) is 2. The topological polar surface area (TPSA) is 102 Å². The molecule has 2 aromatic carbocycles. The van der Waals surface area contributed by atoms with Gasteiger partial charge < -0.3 is 19.9 Å². The molecule has 0 saturated heterocycles. The van der Waals surface area contributed by atoms with Gasteiger partial charge in [-0.3, -0.25) is 14.4 Å². The molecule has 2 rings (SSSR count). The Labute approximate surface area is 187 Å². The Morgan fingerprint density at radius 3 is 2.47 bits per heavy atom. The van der Waals surface area contributed by atoms with Crippen LogP contribution in [0.5, 0.6) is 11.5 Å². The molecule has 0 aromatic heterocycles.